The van der Waals surface area contributed by atoms with E-state index in [1.807, 2.05) is 28.8 Å². The highest BCUT2D eigenvalue weighted by Crippen LogP contribution is 2.32. The topological polar surface area (TPSA) is 49.8 Å². The van der Waals surface area contributed by atoms with Crippen LogP contribution in [0.15, 0.2) is 34.8 Å². The number of amidine groups is 1. The molecule has 2 aliphatic rings. The van der Waals surface area contributed by atoms with E-state index in [2.05, 4.69) is 30.6 Å². The molecule has 0 saturated carbocycles. The summed E-state index contributed by atoms with van der Waals surface area (Å²) in [5.41, 5.74) is 0.989. The van der Waals surface area contributed by atoms with E-state index in [-0.39, 0.29) is 11.9 Å². The van der Waals surface area contributed by atoms with Crippen LogP contribution in [0.2, 0.25) is 0 Å². The zero-order chi connectivity index (χ0) is 19.7. The average molecular weight is 415 g/mol. The van der Waals surface area contributed by atoms with Gasteiger partial charge in [0.25, 0.3) is 0 Å². The van der Waals surface area contributed by atoms with Gasteiger partial charge in [-0.1, -0.05) is 25.1 Å². The zero-order valence-electron chi connectivity index (χ0n) is 16.1. The average Bonchev–Trinajstić information content (AvgIpc) is 3.00. The van der Waals surface area contributed by atoms with Crippen molar-refractivity contribution in [1.29, 1.82) is 0 Å². The summed E-state index contributed by atoms with van der Waals surface area (Å²) in [5.74, 6) is 1.17. The molecule has 0 amide bonds. The van der Waals surface area contributed by atoms with Crippen molar-refractivity contribution in [3.63, 3.8) is 0 Å². The van der Waals surface area contributed by atoms with Crippen LogP contribution in [0.4, 0.5) is 0 Å². The fourth-order valence-electron chi connectivity index (χ4n) is 3.46. The maximum Gasteiger partial charge on any atom is 0.326 e. The smallest absolute Gasteiger partial charge is 0.326 e. The lowest BCUT2D eigenvalue weighted by molar-refractivity contribution is -0.549. The highest BCUT2D eigenvalue weighted by Gasteiger charge is 2.24. The Bertz CT molecular complexity index is 1130. The molecule has 0 aliphatic carbocycles. The van der Waals surface area contributed by atoms with Crippen LogP contribution in [-0.4, -0.2) is 46.4 Å². The molecule has 3 heterocycles. The first-order valence-electron chi connectivity index (χ1n) is 9.60. The zero-order valence-corrected chi connectivity index (χ0v) is 17.7. The van der Waals surface area contributed by atoms with Crippen LogP contribution in [0.3, 0.4) is 0 Å². The number of fused-ring (bicyclic) bond motifs is 1. The van der Waals surface area contributed by atoms with Gasteiger partial charge < -0.3 is 9.84 Å². The molecule has 1 fully saturated rings. The Kier molecular flexibility index (Phi) is 5.57. The predicted molar refractivity (Wildman–Crippen MR) is 115 cm³/mol. The highest BCUT2D eigenvalue weighted by atomic mass is 32.1. The lowest BCUT2D eigenvalue weighted by Crippen LogP contribution is -2.38. The Balaban J connectivity index is 1.89. The molecular weight excluding hydrogens is 390 g/mol. The van der Waals surface area contributed by atoms with Crippen molar-refractivity contribution in [3.8, 4) is 5.88 Å². The fraction of sp³-hybridized carbons (Fsp3) is 0.381. The number of hydrogen-bond donors (Lipinski definition) is 1. The third kappa shape index (κ3) is 3.62. The van der Waals surface area contributed by atoms with Gasteiger partial charge >= 0.3 is 5.84 Å². The van der Waals surface area contributed by atoms with Crippen LogP contribution in [0, 0.1) is 3.95 Å². The summed E-state index contributed by atoms with van der Waals surface area (Å²) in [6, 6.07) is 8.28. The van der Waals surface area contributed by atoms with Gasteiger partial charge in [-0.25, -0.2) is 0 Å². The maximum atomic E-state index is 10.8. The van der Waals surface area contributed by atoms with E-state index in [0.717, 1.165) is 46.4 Å². The summed E-state index contributed by atoms with van der Waals surface area (Å²) in [7, 11) is 0. The van der Waals surface area contributed by atoms with E-state index < -0.39 is 0 Å². The second-order valence-corrected chi connectivity index (χ2v) is 8.70. The Morgan fingerprint density at radius 2 is 2.11 bits per heavy atom. The summed E-state index contributed by atoms with van der Waals surface area (Å²) in [6.07, 6.45) is 5.07. The third-order valence-corrected chi connectivity index (χ3v) is 6.54. The van der Waals surface area contributed by atoms with Crippen LogP contribution < -0.4 is 10.6 Å². The minimum Gasteiger partial charge on any atom is -0.493 e. The summed E-state index contributed by atoms with van der Waals surface area (Å²) in [5, 5.41) is 12.9. The normalized spacial score (nSPS) is 19.1. The van der Waals surface area contributed by atoms with Gasteiger partial charge in [-0.05, 0) is 48.8 Å². The van der Waals surface area contributed by atoms with Crippen LogP contribution in [0.5, 0.6) is 5.88 Å². The SMILES string of the molecule is CC[C@H](C)n1c(O)c(/C=C2\C=c3ccccc3=NC2=[N+]2CCOCC2)sc1=S. The second-order valence-electron chi connectivity index (χ2n) is 7.02. The van der Waals surface area contributed by atoms with E-state index in [9.17, 15) is 5.11 Å². The number of thiazole rings is 1. The van der Waals surface area contributed by atoms with Crippen molar-refractivity contribution in [2.75, 3.05) is 26.3 Å². The molecule has 4 rings (SSSR count). The van der Waals surface area contributed by atoms with Gasteiger partial charge in [0.1, 0.15) is 13.1 Å². The number of morpholine rings is 1. The quantitative estimate of drug-likeness (QED) is 0.621. The lowest BCUT2D eigenvalue weighted by Gasteiger charge is -2.16. The van der Waals surface area contributed by atoms with Crippen molar-refractivity contribution in [3.05, 3.63) is 49.2 Å². The fourth-order valence-corrected chi connectivity index (χ4v) is 4.92. The molecule has 1 atom stereocenters. The maximum absolute atomic E-state index is 10.8. The minimum absolute atomic E-state index is 0.166. The molecule has 2 aromatic rings. The molecule has 0 bridgehead atoms. The van der Waals surface area contributed by atoms with Crippen LogP contribution in [0.25, 0.3) is 12.2 Å². The number of rotatable bonds is 3. The number of aromatic hydroxyl groups is 1. The first-order valence-corrected chi connectivity index (χ1v) is 10.8. The summed E-state index contributed by atoms with van der Waals surface area (Å²) in [6.45, 7) is 7.17. The molecule has 1 saturated heterocycles. The minimum atomic E-state index is 0.166. The van der Waals surface area contributed by atoms with Crippen LogP contribution in [0.1, 0.15) is 31.2 Å². The van der Waals surface area contributed by atoms with E-state index in [4.69, 9.17) is 21.9 Å². The van der Waals surface area contributed by atoms with Gasteiger partial charge in [0.2, 0.25) is 5.88 Å². The van der Waals surface area contributed by atoms with Crippen LogP contribution in [-0.2, 0) is 4.74 Å². The molecule has 0 unspecified atom stereocenters. The summed E-state index contributed by atoms with van der Waals surface area (Å²) < 4.78 is 10.3. The lowest BCUT2D eigenvalue weighted by atomic mass is 10.1. The first kappa shape index (κ1) is 19.2. The molecule has 28 heavy (non-hydrogen) atoms. The second kappa shape index (κ2) is 8.11. The van der Waals surface area contributed by atoms with Gasteiger partial charge in [-0.2, -0.15) is 0 Å². The molecule has 2 aliphatic heterocycles. The van der Waals surface area contributed by atoms with Crippen molar-refractivity contribution in [2.24, 2.45) is 4.99 Å². The Hall–Kier alpha value is -2.09. The van der Waals surface area contributed by atoms with Crippen LogP contribution >= 0.6 is 23.6 Å². The molecule has 0 radical (unpaired) electrons. The molecule has 0 spiro atoms. The van der Waals surface area contributed by atoms with E-state index in [1.54, 1.807) is 0 Å². The molecule has 7 heteroatoms. The predicted octanol–water partition coefficient (Wildman–Crippen LogP) is 2.89. The molecule has 146 valence electrons. The number of ether oxygens (including phenoxy) is 1. The van der Waals surface area contributed by atoms with Gasteiger partial charge in [0.15, 0.2) is 9.31 Å². The third-order valence-electron chi connectivity index (χ3n) is 5.20. The van der Waals surface area contributed by atoms with Gasteiger partial charge in [-0.15, -0.1) is 11.3 Å². The van der Waals surface area contributed by atoms with E-state index >= 15 is 0 Å². The molecule has 1 N–H and O–H groups in total. The number of benzene rings is 1. The summed E-state index contributed by atoms with van der Waals surface area (Å²) in [4.78, 5) is 5.71. The van der Waals surface area contributed by atoms with Crippen molar-refractivity contribution < 1.29 is 14.4 Å². The standard InChI is InChI=1S/C21H23N3O2S2/c1-3-14(2)24-20(25)18(28-21(24)27)13-16-12-15-6-4-5-7-17(15)22-19(16)23-8-10-26-11-9-23/h4-7,12-14H,3,8-11H2,1-2H3/p+1/t14-/m0/s1. The number of para-hydroxylation sites is 1. The van der Waals surface area contributed by atoms with Gasteiger partial charge in [0.05, 0.1) is 23.7 Å². The number of hydrogen-bond acceptors (Lipinski definition) is 4. The highest BCUT2D eigenvalue weighted by molar-refractivity contribution is 7.73. The Labute approximate surface area is 173 Å². The Morgan fingerprint density at radius 1 is 1.36 bits per heavy atom. The number of nitrogens with zero attached hydrogens (tertiary/aromatic N) is 3. The van der Waals surface area contributed by atoms with E-state index in [0.29, 0.717) is 17.2 Å². The molecule has 5 nitrogen and oxygen atoms in total. The number of aromatic nitrogens is 1. The van der Waals surface area contributed by atoms with Gasteiger partial charge in [0, 0.05) is 11.3 Å². The summed E-state index contributed by atoms with van der Waals surface area (Å²) >= 11 is 6.95. The van der Waals surface area contributed by atoms with Crippen molar-refractivity contribution >= 4 is 41.5 Å². The first-order chi connectivity index (χ1) is 13.6. The monoisotopic (exact) mass is 414 g/mol. The van der Waals surface area contributed by atoms with Crippen molar-refractivity contribution in [1.82, 2.24) is 4.57 Å². The van der Waals surface area contributed by atoms with E-state index in [1.165, 1.54) is 11.3 Å². The van der Waals surface area contributed by atoms with Gasteiger partial charge in [-0.3, -0.25) is 9.14 Å². The molecule has 1 aromatic carbocycles. The van der Waals surface area contributed by atoms with Crippen molar-refractivity contribution in [2.45, 2.75) is 26.3 Å². The Morgan fingerprint density at radius 3 is 2.86 bits per heavy atom. The largest absolute Gasteiger partial charge is 0.493 e. The molecule has 1 aromatic heterocycles. The molecular formula is C21H24N3O2S2+.